The van der Waals surface area contributed by atoms with Gasteiger partial charge >= 0.3 is 0 Å². The van der Waals surface area contributed by atoms with Gasteiger partial charge in [-0.1, -0.05) is 20.8 Å². The highest BCUT2D eigenvalue weighted by Crippen LogP contribution is 2.29. The monoisotopic (exact) mass is 463 g/mol. The third-order valence-electron chi connectivity index (χ3n) is 5.94. The van der Waals surface area contributed by atoms with E-state index in [-0.39, 0.29) is 23.8 Å². The topological polar surface area (TPSA) is 61.4 Å². The number of hydrogen-bond donors (Lipinski definition) is 1. The Morgan fingerprint density at radius 2 is 2.03 bits per heavy atom. The lowest BCUT2D eigenvalue weighted by Gasteiger charge is -2.36. The summed E-state index contributed by atoms with van der Waals surface area (Å²) in [5.74, 6) is 1.97. The molecule has 0 radical (unpaired) electrons. The van der Waals surface area contributed by atoms with Gasteiger partial charge in [-0.3, -0.25) is 4.79 Å². The lowest BCUT2D eigenvalue weighted by Crippen LogP contribution is -2.47. The van der Waals surface area contributed by atoms with Gasteiger partial charge in [0.25, 0.3) is 0 Å². The van der Waals surface area contributed by atoms with Crippen molar-refractivity contribution >= 4 is 40.0 Å². The van der Waals surface area contributed by atoms with E-state index < -0.39 is 0 Å². The van der Waals surface area contributed by atoms with Crippen molar-refractivity contribution in [2.24, 2.45) is 0 Å². The Morgan fingerprint density at radius 3 is 2.68 bits per heavy atom. The number of nitrogens with one attached hydrogen (secondary N) is 1. The molecular formula is C22H30FN5OS2. The van der Waals surface area contributed by atoms with Crippen LogP contribution in [-0.4, -0.2) is 57.6 Å². The van der Waals surface area contributed by atoms with Crippen molar-refractivity contribution in [1.82, 2.24) is 14.3 Å². The van der Waals surface area contributed by atoms with Crippen molar-refractivity contribution in [3.8, 4) is 0 Å². The summed E-state index contributed by atoms with van der Waals surface area (Å²) in [7, 11) is 0. The van der Waals surface area contributed by atoms with Crippen LogP contribution in [0.1, 0.15) is 51.8 Å². The van der Waals surface area contributed by atoms with E-state index in [1.165, 1.54) is 29.4 Å². The number of piperidine rings is 1. The summed E-state index contributed by atoms with van der Waals surface area (Å²) < 4.78 is 18.7. The highest BCUT2D eigenvalue weighted by Gasteiger charge is 2.37. The molecule has 2 aromatic rings. The number of likely N-dealkylation sites (tertiary alicyclic amines) is 1. The number of carbonyl (C=O) groups excluding carboxylic acids is 1. The highest BCUT2D eigenvalue weighted by atomic mass is 32.2. The van der Waals surface area contributed by atoms with Crippen molar-refractivity contribution in [3.05, 3.63) is 29.8 Å². The molecule has 2 saturated heterocycles. The van der Waals surface area contributed by atoms with E-state index in [9.17, 15) is 9.18 Å². The summed E-state index contributed by atoms with van der Waals surface area (Å²) in [5.41, 5.74) is 0.671. The average molecular weight is 464 g/mol. The zero-order valence-electron chi connectivity index (χ0n) is 18.3. The first kappa shape index (κ1) is 22.3. The molecule has 1 atom stereocenters. The molecule has 2 fully saturated rings. The van der Waals surface area contributed by atoms with Crippen LogP contribution in [0.5, 0.6) is 0 Å². The number of rotatable bonds is 7. The highest BCUT2D eigenvalue weighted by molar-refractivity contribution is 7.99. The Hall–Kier alpha value is -1.87. The molecule has 1 aromatic heterocycles. The van der Waals surface area contributed by atoms with E-state index in [4.69, 9.17) is 0 Å². The Kier molecular flexibility index (Phi) is 7.01. The van der Waals surface area contributed by atoms with Crippen LogP contribution in [0.25, 0.3) is 0 Å². The van der Waals surface area contributed by atoms with Crippen molar-refractivity contribution in [1.29, 1.82) is 0 Å². The fourth-order valence-electron chi connectivity index (χ4n) is 4.22. The van der Waals surface area contributed by atoms with E-state index in [0.29, 0.717) is 16.5 Å². The minimum Gasteiger partial charge on any atom is -0.374 e. The van der Waals surface area contributed by atoms with Gasteiger partial charge in [0.05, 0.1) is 0 Å². The fraction of sp³-hybridized carbons (Fsp3) is 0.591. The van der Waals surface area contributed by atoms with Crippen LogP contribution in [0.15, 0.2) is 23.1 Å². The quantitative estimate of drug-likeness (QED) is 0.606. The van der Waals surface area contributed by atoms with Gasteiger partial charge < -0.3 is 15.1 Å². The summed E-state index contributed by atoms with van der Waals surface area (Å²) in [4.78, 5) is 22.6. The minimum atomic E-state index is -0.279. The molecule has 31 heavy (non-hydrogen) atoms. The first-order chi connectivity index (χ1) is 15.0. The molecule has 168 valence electrons. The van der Waals surface area contributed by atoms with Gasteiger partial charge in [-0.05, 0) is 43.2 Å². The third-order valence-corrected chi connectivity index (χ3v) is 7.66. The van der Waals surface area contributed by atoms with Gasteiger partial charge in [-0.15, -0.1) is 11.8 Å². The maximum Gasteiger partial charge on any atom is 0.245 e. The number of aromatic nitrogens is 2. The molecular weight excluding hydrogens is 433 g/mol. The summed E-state index contributed by atoms with van der Waals surface area (Å²) in [6.07, 6.45) is 2.62. The molecule has 0 spiro atoms. The zero-order valence-corrected chi connectivity index (χ0v) is 19.9. The standard InChI is InChI=1S/C22H30FN5OS2/c1-4-30-19-6-5-15(13-17(19)23)24-18-9-12-28(21(18)29)16-7-10-27(11-8-16)22-25-20(14(2)3)26-31-22/h5-6,13-14,16,18,24H,4,7-12H2,1-3H3. The molecule has 9 heteroatoms. The van der Waals surface area contributed by atoms with Gasteiger partial charge in [-0.25, -0.2) is 9.37 Å². The van der Waals surface area contributed by atoms with E-state index >= 15 is 0 Å². The van der Waals surface area contributed by atoms with Crippen molar-refractivity contribution in [2.45, 2.75) is 62.9 Å². The molecule has 0 bridgehead atoms. The van der Waals surface area contributed by atoms with E-state index in [0.717, 1.165) is 55.6 Å². The molecule has 2 aliphatic rings. The fourth-order valence-corrected chi connectivity index (χ4v) is 5.75. The van der Waals surface area contributed by atoms with Crippen LogP contribution in [0, 0.1) is 5.82 Å². The first-order valence-electron chi connectivity index (χ1n) is 11.0. The van der Waals surface area contributed by atoms with Crippen LogP contribution in [0.2, 0.25) is 0 Å². The Bertz CT molecular complexity index is 913. The smallest absolute Gasteiger partial charge is 0.245 e. The molecule has 1 unspecified atom stereocenters. The van der Waals surface area contributed by atoms with Crippen molar-refractivity contribution in [3.63, 3.8) is 0 Å². The Labute approximate surface area is 191 Å². The number of anilines is 2. The SMILES string of the molecule is CCSc1ccc(NC2CCN(C3CCN(c4nc(C(C)C)ns4)CC3)C2=O)cc1F. The molecule has 0 aliphatic carbocycles. The number of carbonyl (C=O) groups is 1. The number of nitrogens with zero attached hydrogens (tertiary/aromatic N) is 4. The van der Waals surface area contributed by atoms with Crippen LogP contribution in [-0.2, 0) is 4.79 Å². The summed E-state index contributed by atoms with van der Waals surface area (Å²) in [6, 6.07) is 5.13. The first-order valence-corrected chi connectivity index (χ1v) is 12.8. The molecule has 0 saturated carbocycles. The van der Waals surface area contributed by atoms with E-state index in [1.807, 2.05) is 17.9 Å². The average Bonchev–Trinajstić information content (AvgIpc) is 3.38. The minimum absolute atomic E-state index is 0.129. The second-order valence-corrected chi connectivity index (χ2v) is 10.4. The lowest BCUT2D eigenvalue weighted by molar-refractivity contribution is -0.130. The molecule has 1 aromatic carbocycles. The van der Waals surface area contributed by atoms with Gasteiger partial charge in [0, 0.05) is 53.7 Å². The predicted molar refractivity (Wildman–Crippen MR) is 126 cm³/mol. The second kappa shape index (κ2) is 9.73. The molecule has 3 heterocycles. The Balaban J connectivity index is 1.32. The Morgan fingerprint density at radius 1 is 1.26 bits per heavy atom. The van der Waals surface area contributed by atoms with Crippen molar-refractivity contribution in [2.75, 3.05) is 35.6 Å². The molecule has 6 nitrogen and oxygen atoms in total. The largest absolute Gasteiger partial charge is 0.374 e. The summed E-state index contributed by atoms with van der Waals surface area (Å²) in [5, 5.41) is 4.24. The number of hydrogen-bond acceptors (Lipinski definition) is 7. The molecule has 1 N–H and O–H groups in total. The van der Waals surface area contributed by atoms with Gasteiger partial charge in [0.1, 0.15) is 17.7 Å². The third kappa shape index (κ3) is 4.98. The van der Waals surface area contributed by atoms with Gasteiger partial charge in [-0.2, -0.15) is 4.37 Å². The van der Waals surface area contributed by atoms with Crippen LogP contribution in [0.4, 0.5) is 15.2 Å². The predicted octanol–water partition coefficient (Wildman–Crippen LogP) is 4.59. The van der Waals surface area contributed by atoms with Crippen LogP contribution < -0.4 is 10.2 Å². The lowest BCUT2D eigenvalue weighted by atomic mass is 10.0. The van der Waals surface area contributed by atoms with Gasteiger partial charge in [0.2, 0.25) is 11.0 Å². The van der Waals surface area contributed by atoms with Crippen molar-refractivity contribution < 1.29 is 9.18 Å². The normalized spacial score (nSPS) is 20.2. The van der Waals surface area contributed by atoms with Crippen LogP contribution >= 0.6 is 23.3 Å². The van der Waals surface area contributed by atoms with E-state index in [1.54, 1.807) is 6.07 Å². The molecule has 1 amide bonds. The number of halogens is 1. The summed E-state index contributed by atoms with van der Waals surface area (Å²) >= 11 is 2.95. The molecule has 2 aliphatic heterocycles. The maximum absolute atomic E-state index is 14.2. The number of benzene rings is 1. The number of amides is 1. The zero-order chi connectivity index (χ0) is 22.0. The molecule has 4 rings (SSSR count). The second-order valence-electron chi connectivity index (χ2n) is 8.40. The summed E-state index contributed by atoms with van der Waals surface area (Å²) in [6.45, 7) is 8.75. The number of thioether (sulfide) groups is 1. The van der Waals surface area contributed by atoms with Crippen LogP contribution in [0.3, 0.4) is 0 Å². The van der Waals surface area contributed by atoms with Gasteiger partial charge in [0.15, 0.2) is 0 Å². The van der Waals surface area contributed by atoms with E-state index in [2.05, 4.69) is 33.4 Å². The maximum atomic E-state index is 14.2.